The largest absolute Gasteiger partial charge is 0.448 e. The first-order chi connectivity index (χ1) is 10.5. The van der Waals surface area contributed by atoms with E-state index in [4.69, 9.17) is 4.55 Å². The minimum absolute atomic E-state index is 0. The summed E-state index contributed by atoms with van der Waals surface area (Å²) in [6, 6.07) is 0. The van der Waals surface area contributed by atoms with E-state index in [1.54, 1.807) is 0 Å². The van der Waals surface area contributed by atoms with E-state index in [0.717, 1.165) is 19.3 Å². The van der Waals surface area contributed by atoms with Crippen molar-refractivity contribution in [3.8, 4) is 0 Å². The summed E-state index contributed by atoms with van der Waals surface area (Å²) in [7, 11) is -4.64. The smallest absolute Gasteiger partial charge is 0.344 e. The lowest BCUT2D eigenvalue weighted by Crippen LogP contribution is -2.11. The molecule has 6 nitrogen and oxygen atoms in total. The Kier molecular flexibility index (Phi) is 17.3. The van der Waals surface area contributed by atoms with Crippen molar-refractivity contribution in [2.75, 3.05) is 0 Å². The number of carbonyl (C=O) groups excluding carboxylic acids is 1. The fourth-order valence-corrected chi connectivity index (χ4v) is 2.76. The molecule has 0 atom stereocenters. The van der Waals surface area contributed by atoms with Crippen molar-refractivity contribution in [2.45, 2.75) is 96.8 Å². The van der Waals surface area contributed by atoms with Crippen LogP contribution in [0.2, 0.25) is 0 Å². The molecule has 0 spiro atoms. The molecule has 0 aliphatic carbocycles. The molecule has 0 unspecified atom stereocenters. The van der Waals surface area contributed by atoms with E-state index in [9.17, 15) is 13.2 Å². The molecule has 0 aliphatic rings. The third-order valence-electron chi connectivity index (χ3n) is 3.68. The summed E-state index contributed by atoms with van der Waals surface area (Å²) in [6.07, 6.45) is 15.6. The highest BCUT2D eigenvalue weighted by Gasteiger charge is 2.12. The Bertz CT molecular complexity index is 371. The van der Waals surface area contributed by atoms with Crippen molar-refractivity contribution < 1.29 is 21.9 Å². The van der Waals surface area contributed by atoms with Crippen LogP contribution in [0.5, 0.6) is 0 Å². The quantitative estimate of drug-likeness (QED) is 0.317. The monoisotopic (exact) mass is 353 g/mol. The van der Waals surface area contributed by atoms with Gasteiger partial charge < -0.3 is 10.3 Å². The number of hydrogen-bond acceptors (Lipinski definition) is 5. The van der Waals surface area contributed by atoms with Gasteiger partial charge in [0, 0.05) is 6.42 Å². The van der Waals surface area contributed by atoms with Crippen LogP contribution in [0.4, 0.5) is 0 Å². The van der Waals surface area contributed by atoms with Crippen LogP contribution in [0.25, 0.3) is 0 Å². The van der Waals surface area contributed by atoms with Gasteiger partial charge in [0.25, 0.3) is 0 Å². The molecule has 7 heteroatoms. The lowest BCUT2D eigenvalue weighted by atomic mass is 10.0. The third kappa shape index (κ3) is 21.3. The maximum absolute atomic E-state index is 11.0. The molecule has 0 fully saturated rings. The van der Waals surface area contributed by atoms with Crippen molar-refractivity contribution in [1.29, 1.82) is 0 Å². The molecule has 4 N–H and O–H groups in total. The highest BCUT2D eigenvalue weighted by molar-refractivity contribution is 7.81. The van der Waals surface area contributed by atoms with Crippen LogP contribution < -0.4 is 6.15 Å². The summed E-state index contributed by atoms with van der Waals surface area (Å²) < 4.78 is 32.7. The van der Waals surface area contributed by atoms with Gasteiger partial charge in [0.1, 0.15) is 0 Å². The van der Waals surface area contributed by atoms with Crippen LogP contribution in [0.1, 0.15) is 96.8 Å². The number of hydrogen-bond donors (Lipinski definition) is 2. The highest BCUT2D eigenvalue weighted by Crippen LogP contribution is 2.13. The lowest BCUT2D eigenvalue weighted by molar-refractivity contribution is -0.134. The minimum Gasteiger partial charge on any atom is -0.344 e. The average Bonchev–Trinajstić information content (AvgIpc) is 2.42. The second-order valence-corrected chi connectivity index (χ2v) is 6.90. The van der Waals surface area contributed by atoms with E-state index in [1.165, 1.54) is 57.8 Å². The zero-order chi connectivity index (χ0) is 16.7. The van der Waals surface area contributed by atoms with E-state index in [0.29, 0.717) is 6.42 Å². The summed E-state index contributed by atoms with van der Waals surface area (Å²) in [5, 5.41) is 0. The predicted octanol–water partition coefficient (Wildman–Crippen LogP) is 4.98. The Labute approximate surface area is 141 Å². The van der Waals surface area contributed by atoms with Gasteiger partial charge in [-0.05, 0) is 6.42 Å². The first-order valence-corrected chi connectivity index (χ1v) is 10.0. The van der Waals surface area contributed by atoms with Crippen molar-refractivity contribution in [3.63, 3.8) is 0 Å². The van der Waals surface area contributed by atoms with Crippen LogP contribution in [0.3, 0.4) is 0 Å². The summed E-state index contributed by atoms with van der Waals surface area (Å²) in [5.41, 5.74) is 0. The molecule has 0 bridgehead atoms. The molecule has 0 radical (unpaired) electrons. The number of rotatable bonds is 15. The molecular formula is C16H35NO5S. The summed E-state index contributed by atoms with van der Waals surface area (Å²) in [6.45, 7) is 2.23. The van der Waals surface area contributed by atoms with E-state index < -0.39 is 16.4 Å². The van der Waals surface area contributed by atoms with Gasteiger partial charge >= 0.3 is 16.4 Å². The molecule has 23 heavy (non-hydrogen) atoms. The van der Waals surface area contributed by atoms with Crippen molar-refractivity contribution in [1.82, 2.24) is 6.15 Å². The Morgan fingerprint density at radius 2 is 1.13 bits per heavy atom. The van der Waals surface area contributed by atoms with Gasteiger partial charge in [0.15, 0.2) is 0 Å². The molecule has 0 aromatic rings. The molecule has 0 heterocycles. The van der Waals surface area contributed by atoms with Crippen LogP contribution in [-0.4, -0.2) is 18.9 Å². The predicted molar refractivity (Wildman–Crippen MR) is 93.0 cm³/mol. The topological polar surface area (TPSA) is 116 Å². The van der Waals surface area contributed by atoms with Crippen molar-refractivity contribution in [3.05, 3.63) is 0 Å². The standard InChI is InChI=1S/C16H32O5S.H3N/c1-2-3-4-5-6-7-8-9-10-11-12-13-14-15-16(17)21-22(18,19)20;/h2-15H2,1H3,(H,18,19,20);1H3. The summed E-state index contributed by atoms with van der Waals surface area (Å²) >= 11 is 0. The Balaban J connectivity index is 0. The summed E-state index contributed by atoms with van der Waals surface area (Å²) in [4.78, 5) is 11.0. The first-order valence-electron chi connectivity index (χ1n) is 8.65. The maximum Gasteiger partial charge on any atom is 0.448 e. The van der Waals surface area contributed by atoms with Crippen LogP contribution in [-0.2, 0) is 19.4 Å². The van der Waals surface area contributed by atoms with E-state index in [-0.39, 0.29) is 12.6 Å². The van der Waals surface area contributed by atoms with E-state index in [2.05, 4.69) is 11.1 Å². The number of carbonyl (C=O) groups is 1. The number of unbranched alkanes of at least 4 members (excludes halogenated alkanes) is 12. The Hall–Kier alpha value is -0.660. The highest BCUT2D eigenvalue weighted by atomic mass is 32.3. The normalized spacial score (nSPS) is 11.0. The maximum atomic E-state index is 11.0. The molecule has 0 amide bonds. The molecule has 0 saturated heterocycles. The minimum atomic E-state index is -4.64. The zero-order valence-corrected chi connectivity index (χ0v) is 15.4. The fraction of sp³-hybridized carbons (Fsp3) is 0.938. The molecule has 140 valence electrons. The average molecular weight is 354 g/mol. The molecule has 0 aromatic carbocycles. The molecule has 0 aromatic heterocycles. The van der Waals surface area contributed by atoms with Crippen LogP contribution in [0, 0.1) is 0 Å². The Morgan fingerprint density at radius 1 is 0.783 bits per heavy atom. The van der Waals surface area contributed by atoms with Gasteiger partial charge in [0.2, 0.25) is 0 Å². The van der Waals surface area contributed by atoms with Gasteiger partial charge in [-0.3, -0.25) is 9.35 Å². The second-order valence-electron chi connectivity index (χ2n) is 5.88. The second kappa shape index (κ2) is 16.2. The third-order valence-corrected chi connectivity index (χ3v) is 4.08. The molecular weight excluding hydrogens is 318 g/mol. The molecule has 0 aliphatic heterocycles. The van der Waals surface area contributed by atoms with Crippen molar-refractivity contribution in [2.24, 2.45) is 0 Å². The SMILES string of the molecule is CCCCCCCCCCCCCCCC(=O)OS(=O)(=O)O.N. The van der Waals surface area contributed by atoms with Gasteiger partial charge in [0.05, 0.1) is 0 Å². The van der Waals surface area contributed by atoms with Crippen LogP contribution >= 0.6 is 0 Å². The van der Waals surface area contributed by atoms with Gasteiger partial charge in [-0.2, -0.15) is 8.42 Å². The van der Waals surface area contributed by atoms with Crippen molar-refractivity contribution >= 4 is 16.4 Å². The first kappa shape index (κ1) is 24.6. The van der Waals surface area contributed by atoms with Gasteiger partial charge in [-0.1, -0.05) is 84.0 Å². The fourth-order valence-electron chi connectivity index (χ4n) is 2.45. The van der Waals surface area contributed by atoms with E-state index >= 15 is 0 Å². The van der Waals surface area contributed by atoms with Crippen LogP contribution in [0.15, 0.2) is 0 Å². The Morgan fingerprint density at radius 3 is 1.48 bits per heavy atom. The summed E-state index contributed by atoms with van der Waals surface area (Å²) in [5.74, 6) is -0.884. The van der Waals surface area contributed by atoms with Gasteiger partial charge in [-0.15, -0.1) is 0 Å². The molecule has 0 saturated carbocycles. The van der Waals surface area contributed by atoms with Gasteiger partial charge in [-0.25, -0.2) is 0 Å². The zero-order valence-electron chi connectivity index (χ0n) is 14.6. The molecule has 0 rings (SSSR count). The lowest BCUT2D eigenvalue weighted by Gasteiger charge is -2.03. The van der Waals surface area contributed by atoms with E-state index in [1.807, 2.05) is 0 Å².